The van der Waals surface area contributed by atoms with Crippen LogP contribution in [0.5, 0.6) is 0 Å². The summed E-state index contributed by atoms with van der Waals surface area (Å²) in [5, 5.41) is 14.0. The van der Waals surface area contributed by atoms with Crippen molar-refractivity contribution >= 4 is 20.2 Å². The molecule has 4 N–H and O–H groups in total. The molecule has 1 aliphatic rings. The van der Waals surface area contributed by atoms with Crippen LogP contribution in [-0.2, 0) is 13.1 Å². The SMILES string of the molecule is C[C@@H]1NCCNCCNCCN[C@H](C)c2[c-]c1ccc2.[Cl][Mn][Cl]. The van der Waals surface area contributed by atoms with Crippen molar-refractivity contribution in [2.24, 2.45) is 0 Å². The fourth-order valence-electron chi connectivity index (χ4n) is 2.41. The molecule has 2 rings (SSSR count). The zero-order valence-electron chi connectivity index (χ0n) is 13.8. The van der Waals surface area contributed by atoms with Crippen molar-refractivity contribution in [3.8, 4) is 0 Å². The molecule has 0 radical (unpaired) electrons. The Kier molecular flexibility index (Phi) is 12.4. The standard InChI is InChI=1S/C16H27N4.2ClH.Mn/c1-13-15-4-3-5-16(12-15)14(2)20-11-9-18-7-6-17-8-10-19-13;;;/h3-5,13-14,17-20H,6-11H2,1-2H3;2*1H;/q-1;;;+2/p-2/t13-,14+;;;. The number of rotatable bonds is 0. The van der Waals surface area contributed by atoms with Crippen LogP contribution in [0, 0.1) is 6.07 Å². The van der Waals surface area contributed by atoms with Gasteiger partial charge in [0.15, 0.2) is 0 Å². The second-order valence-electron chi connectivity index (χ2n) is 5.47. The Morgan fingerprint density at radius 1 is 0.870 bits per heavy atom. The molecule has 23 heavy (non-hydrogen) atoms. The van der Waals surface area contributed by atoms with Crippen LogP contribution in [0.4, 0.5) is 0 Å². The van der Waals surface area contributed by atoms with E-state index in [2.05, 4.69) is 59.4 Å². The van der Waals surface area contributed by atoms with Gasteiger partial charge in [-0.2, -0.15) is 24.3 Å². The van der Waals surface area contributed by atoms with E-state index in [1.807, 2.05) is 0 Å². The summed E-state index contributed by atoms with van der Waals surface area (Å²) in [6, 6.07) is 10.7. The average molecular weight is 401 g/mol. The quantitative estimate of drug-likeness (QED) is 0.398. The van der Waals surface area contributed by atoms with Crippen molar-refractivity contribution in [1.82, 2.24) is 21.3 Å². The number of benzene rings is 1. The minimum atomic E-state index is 0.00694. The average Bonchev–Trinajstić information content (AvgIpc) is 2.56. The first-order valence-corrected chi connectivity index (χ1v) is 11.2. The maximum atomic E-state index is 4.80. The normalized spacial score (nSPS) is 23.8. The van der Waals surface area contributed by atoms with E-state index in [4.69, 9.17) is 20.2 Å². The van der Waals surface area contributed by atoms with E-state index >= 15 is 0 Å². The Labute approximate surface area is 155 Å². The Balaban J connectivity index is 0.000000816. The number of nitrogens with one attached hydrogen (secondary N) is 4. The molecule has 1 heterocycles. The van der Waals surface area contributed by atoms with Gasteiger partial charge >= 0.3 is 33.3 Å². The zero-order valence-corrected chi connectivity index (χ0v) is 16.5. The van der Waals surface area contributed by atoms with Gasteiger partial charge in [-0.05, 0) is 13.8 Å². The molecular weight excluding hydrogens is 374 g/mol. The topological polar surface area (TPSA) is 48.1 Å². The van der Waals surface area contributed by atoms with Crippen molar-refractivity contribution in [3.63, 3.8) is 0 Å². The molecule has 2 atom stereocenters. The molecule has 0 aromatic heterocycles. The van der Waals surface area contributed by atoms with Crippen LogP contribution in [0.3, 0.4) is 0 Å². The van der Waals surface area contributed by atoms with Gasteiger partial charge in [-0.1, -0.05) is 0 Å². The Morgan fingerprint density at radius 3 is 1.70 bits per heavy atom. The molecule has 1 aliphatic heterocycles. The summed E-state index contributed by atoms with van der Waals surface area (Å²) in [5.41, 5.74) is 2.48. The van der Waals surface area contributed by atoms with E-state index in [0.29, 0.717) is 12.1 Å². The van der Waals surface area contributed by atoms with Crippen LogP contribution < -0.4 is 21.3 Å². The molecule has 0 saturated heterocycles. The molecule has 0 fully saturated rings. The molecule has 0 amide bonds. The molecule has 0 unspecified atom stereocenters. The fraction of sp³-hybridized carbons (Fsp3) is 0.625. The third-order valence-corrected chi connectivity index (χ3v) is 3.76. The van der Waals surface area contributed by atoms with Gasteiger partial charge in [-0.25, -0.2) is 0 Å². The van der Waals surface area contributed by atoms with Crippen LogP contribution in [0.2, 0.25) is 0 Å². The first-order valence-electron chi connectivity index (χ1n) is 7.96. The van der Waals surface area contributed by atoms with Crippen LogP contribution in [0.25, 0.3) is 0 Å². The maximum absolute atomic E-state index is 4.80. The second kappa shape index (κ2) is 13.5. The molecule has 2 bridgehead atoms. The van der Waals surface area contributed by atoms with E-state index in [0.717, 1.165) is 39.3 Å². The molecule has 4 nitrogen and oxygen atoms in total. The zero-order chi connectivity index (χ0) is 16.9. The Morgan fingerprint density at radius 2 is 1.26 bits per heavy atom. The molecule has 133 valence electrons. The van der Waals surface area contributed by atoms with Crippen molar-refractivity contribution < 1.29 is 13.1 Å². The van der Waals surface area contributed by atoms with Gasteiger partial charge in [0.05, 0.1) is 0 Å². The predicted molar refractivity (Wildman–Crippen MR) is 95.6 cm³/mol. The van der Waals surface area contributed by atoms with Gasteiger partial charge in [0, 0.05) is 51.4 Å². The first kappa shape index (κ1) is 21.2. The van der Waals surface area contributed by atoms with E-state index in [1.165, 1.54) is 11.1 Å². The minimum absolute atomic E-state index is 0.00694. The monoisotopic (exact) mass is 400 g/mol. The molecule has 0 spiro atoms. The van der Waals surface area contributed by atoms with Crippen LogP contribution in [-0.4, -0.2) is 39.3 Å². The first-order chi connectivity index (χ1) is 11.2. The summed E-state index contributed by atoms with van der Waals surface area (Å²) in [6.07, 6.45) is 0. The van der Waals surface area contributed by atoms with Gasteiger partial charge in [0.2, 0.25) is 0 Å². The van der Waals surface area contributed by atoms with Crippen molar-refractivity contribution in [1.29, 1.82) is 0 Å². The van der Waals surface area contributed by atoms with Crippen molar-refractivity contribution in [2.45, 2.75) is 25.9 Å². The summed E-state index contributed by atoms with van der Waals surface area (Å²) in [6.45, 7) is 10.4. The van der Waals surface area contributed by atoms with Crippen LogP contribution in [0.1, 0.15) is 37.1 Å². The predicted octanol–water partition coefficient (Wildman–Crippen LogP) is 2.36. The number of hydrogen-bond acceptors (Lipinski definition) is 4. The van der Waals surface area contributed by atoms with Gasteiger partial charge in [0.1, 0.15) is 0 Å². The number of fused-ring (bicyclic) bond motifs is 2. The third kappa shape index (κ3) is 9.28. The fourth-order valence-corrected chi connectivity index (χ4v) is 2.41. The summed E-state index contributed by atoms with van der Waals surface area (Å²) in [5.74, 6) is 0. The van der Waals surface area contributed by atoms with Crippen molar-refractivity contribution in [3.05, 3.63) is 35.4 Å². The van der Waals surface area contributed by atoms with Gasteiger partial charge in [-0.15, -0.1) is 11.1 Å². The van der Waals surface area contributed by atoms with E-state index in [9.17, 15) is 0 Å². The van der Waals surface area contributed by atoms with Crippen molar-refractivity contribution in [2.75, 3.05) is 39.3 Å². The number of halogens is 2. The third-order valence-electron chi connectivity index (χ3n) is 3.76. The summed E-state index contributed by atoms with van der Waals surface area (Å²) < 4.78 is 0. The van der Waals surface area contributed by atoms with Gasteiger partial charge in [-0.3, -0.25) is 0 Å². The molecule has 1 aromatic carbocycles. The van der Waals surface area contributed by atoms with E-state index in [-0.39, 0.29) is 13.1 Å². The van der Waals surface area contributed by atoms with Crippen LogP contribution in [0.15, 0.2) is 18.2 Å². The summed E-state index contributed by atoms with van der Waals surface area (Å²) in [4.78, 5) is 0. The van der Waals surface area contributed by atoms with Crippen LogP contribution >= 0.6 is 20.2 Å². The molecule has 0 saturated carbocycles. The second-order valence-corrected chi connectivity index (χ2v) is 7.42. The van der Waals surface area contributed by atoms with E-state index < -0.39 is 0 Å². The number of hydrogen-bond donors (Lipinski definition) is 4. The summed E-state index contributed by atoms with van der Waals surface area (Å²) in [7, 11) is 9.59. The Bertz CT molecular complexity index is 390. The summed E-state index contributed by atoms with van der Waals surface area (Å²) >= 11 is 0.00694. The van der Waals surface area contributed by atoms with Gasteiger partial charge < -0.3 is 21.3 Å². The molecule has 7 heteroatoms. The molecule has 0 aliphatic carbocycles. The van der Waals surface area contributed by atoms with Gasteiger partial charge in [0.25, 0.3) is 0 Å². The Hall–Kier alpha value is 0.159. The molecule has 1 aromatic rings. The van der Waals surface area contributed by atoms with E-state index in [1.54, 1.807) is 0 Å². The molecular formula is C16H27Cl2MnN4-.